The number of esters is 1. The summed E-state index contributed by atoms with van der Waals surface area (Å²) in [5.74, 6) is -0.969. The van der Waals surface area contributed by atoms with Gasteiger partial charge in [-0.05, 0) is 55.5 Å². The number of hydrogen-bond acceptors (Lipinski definition) is 4. The van der Waals surface area contributed by atoms with Gasteiger partial charge >= 0.3 is 12.1 Å². The number of nitrogens with zero attached hydrogens (tertiary/aromatic N) is 1. The van der Waals surface area contributed by atoms with Gasteiger partial charge in [-0.25, -0.2) is 9.78 Å². The fourth-order valence-corrected chi connectivity index (χ4v) is 3.46. The highest BCUT2D eigenvalue weighted by atomic mass is 19.4. The minimum absolute atomic E-state index is 0.210. The molecule has 1 aromatic heterocycles. The van der Waals surface area contributed by atoms with Gasteiger partial charge in [0.15, 0.2) is 0 Å². The van der Waals surface area contributed by atoms with E-state index in [-0.39, 0.29) is 12.2 Å². The smallest absolute Gasteiger partial charge is 0.416 e. The third kappa shape index (κ3) is 4.91. The molecule has 4 rings (SSSR count). The van der Waals surface area contributed by atoms with Gasteiger partial charge in [0, 0.05) is 16.5 Å². The van der Waals surface area contributed by atoms with Crippen molar-refractivity contribution in [1.29, 1.82) is 0 Å². The number of benzene rings is 3. The van der Waals surface area contributed by atoms with Crippen LogP contribution >= 0.6 is 0 Å². The Morgan fingerprint density at radius 2 is 1.74 bits per heavy atom. The zero-order chi connectivity index (χ0) is 24.3. The Hall–Kier alpha value is -4.20. The Morgan fingerprint density at radius 1 is 0.941 bits per heavy atom. The maximum Gasteiger partial charge on any atom is 0.416 e. The highest BCUT2D eigenvalue weighted by Crippen LogP contribution is 2.32. The zero-order valence-electron chi connectivity index (χ0n) is 18.0. The Labute approximate surface area is 193 Å². The van der Waals surface area contributed by atoms with Crippen LogP contribution in [-0.4, -0.2) is 23.5 Å². The van der Waals surface area contributed by atoms with E-state index in [1.165, 1.54) is 6.07 Å². The van der Waals surface area contributed by atoms with E-state index in [4.69, 9.17) is 4.74 Å². The van der Waals surface area contributed by atoms with E-state index in [0.29, 0.717) is 33.4 Å². The van der Waals surface area contributed by atoms with E-state index >= 15 is 0 Å². The minimum atomic E-state index is -4.44. The van der Waals surface area contributed by atoms with Gasteiger partial charge in [-0.15, -0.1) is 0 Å². The van der Waals surface area contributed by atoms with Gasteiger partial charge in [0.2, 0.25) is 0 Å². The van der Waals surface area contributed by atoms with E-state index in [1.54, 1.807) is 67.6 Å². The highest BCUT2D eigenvalue weighted by Gasteiger charge is 2.30. The summed E-state index contributed by atoms with van der Waals surface area (Å²) in [4.78, 5) is 29.4. The lowest BCUT2D eigenvalue weighted by molar-refractivity contribution is -0.137. The van der Waals surface area contributed by atoms with Crippen LogP contribution in [0.2, 0.25) is 0 Å². The first kappa shape index (κ1) is 23.0. The fourth-order valence-electron chi connectivity index (χ4n) is 3.46. The predicted octanol–water partition coefficient (Wildman–Crippen LogP) is 6.35. The van der Waals surface area contributed by atoms with Crippen molar-refractivity contribution >= 4 is 28.5 Å². The lowest BCUT2D eigenvalue weighted by atomic mass is 10.0. The lowest BCUT2D eigenvalue weighted by Crippen LogP contribution is -2.15. The predicted molar refractivity (Wildman–Crippen MR) is 123 cm³/mol. The molecule has 0 aliphatic carbocycles. The Morgan fingerprint density at radius 3 is 2.50 bits per heavy atom. The van der Waals surface area contributed by atoms with Crippen molar-refractivity contribution in [1.82, 2.24) is 4.98 Å². The molecule has 172 valence electrons. The first-order valence-corrected chi connectivity index (χ1v) is 10.4. The number of para-hydroxylation sites is 1. The number of carbonyl (C=O) groups is 2. The number of rotatable bonds is 5. The van der Waals surface area contributed by atoms with Gasteiger partial charge in [0.1, 0.15) is 0 Å². The third-order valence-electron chi connectivity index (χ3n) is 5.11. The van der Waals surface area contributed by atoms with Crippen LogP contribution in [-0.2, 0) is 10.9 Å². The molecule has 0 fully saturated rings. The van der Waals surface area contributed by atoms with Crippen molar-refractivity contribution in [2.24, 2.45) is 0 Å². The topological polar surface area (TPSA) is 68.3 Å². The van der Waals surface area contributed by atoms with E-state index < -0.39 is 23.6 Å². The number of carbonyl (C=O) groups excluding carboxylic acids is 2. The van der Waals surface area contributed by atoms with Crippen LogP contribution < -0.4 is 5.32 Å². The third-order valence-corrected chi connectivity index (χ3v) is 5.11. The minimum Gasteiger partial charge on any atom is -0.462 e. The molecule has 3 aromatic carbocycles. The normalized spacial score (nSPS) is 11.3. The SMILES string of the molecule is CCOC(=O)c1ccccc1NC(=O)c1ccc2nc(-c3cccc(C(F)(F)F)c3)ccc2c1. The molecule has 0 saturated carbocycles. The summed E-state index contributed by atoms with van der Waals surface area (Å²) in [7, 11) is 0. The second kappa shape index (κ2) is 9.35. The average Bonchev–Trinajstić information content (AvgIpc) is 2.83. The summed E-state index contributed by atoms with van der Waals surface area (Å²) >= 11 is 0. The first-order chi connectivity index (χ1) is 16.3. The molecule has 0 atom stereocenters. The first-order valence-electron chi connectivity index (χ1n) is 10.4. The number of aromatic nitrogens is 1. The largest absolute Gasteiger partial charge is 0.462 e. The molecule has 1 N–H and O–H groups in total. The van der Waals surface area contributed by atoms with Crippen LogP contribution in [0, 0.1) is 0 Å². The van der Waals surface area contributed by atoms with Crippen LogP contribution in [0.4, 0.5) is 18.9 Å². The monoisotopic (exact) mass is 464 g/mol. The number of fused-ring (bicyclic) bond motifs is 1. The zero-order valence-corrected chi connectivity index (χ0v) is 18.0. The number of alkyl halides is 3. The van der Waals surface area contributed by atoms with Crippen molar-refractivity contribution in [3.63, 3.8) is 0 Å². The quantitative estimate of drug-likeness (QED) is 0.350. The molecule has 8 heteroatoms. The number of hydrogen-bond donors (Lipinski definition) is 1. The number of halogens is 3. The summed E-state index contributed by atoms with van der Waals surface area (Å²) < 4.78 is 44.1. The summed E-state index contributed by atoms with van der Waals surface area (Å²) in [6, 6.07) is 19.6. The van der Waals surface area contributed by atoms with Crippen LogP contribution in [0.1, 0.15) is 33.2 Å². The number of nitrogens with one attached hydrogen (secondary N) is 1. The van der Waals surface area contributed by atoms with Crippen LogP contribution in [0.15, 0.2) is 78.9 Å². The van der Waals surface area contributed by atoms with Gasteiger partial charge < -0.3 is 10.1 Å². The second-order valence-electron chi connectivity index (χ2n) is 7.40. The van der Waals surface area contributed by atoms with Gasteiger partial charge in [-0.2, -0.15) is 13.2 Å². The van der Waals surface area contributed by atoms with E-state index in [2.05, 4.69) is 10.3 Å². The van der Waals surface area contributed by atoms with Gasteiger partial charge in [0.25, 0.3) is 5.91 Å². The maximum absolute atomic E-state index is 13.0. The Kier molecular flexibility index (Phi) is 6.32. The van der Waals surface area contributed by atoms with Crippen LogP contribution in [0.25, 0.3) is 22.2 Å². The van der Waals surface area contributed by atoms with E-state index in [0.717, 1.165) is 12.1 Å². The summed E-state index contributed by atoms with van der Waals surface area (Å²) in [6.45, 7) is 1.90. The summed E-state index contributed by atoms with van der Waals surface area (Å²) in [5.41, 5.74) is 1.41. The molecule has 4 aromatic rings. The van der Waals surface area contributed by atoms with E-state index in [9.17, 15) is 22.8 Å². The molecule has 1 amide bonds. The molecule has 1 heterocycles. The van der Waals surface area contributed by atoms with Crippen molar-refractivity contribution < 1.29 is 27.5 Å². The number of amides is 1. The molecule has 0 spiro atoms. The molecule has 0 radical (unpaired) electrons. The average molecular weight is 464 g/mol. The van der Waals surface area contributed by atoms with E-state index in [1.807, 2.05) is 0 Å². The fraction of sp³-hybridized carbons (Fsp3) is 0.115. The standard InChI is InChI=1S/C26H19F3N2O3/c1-2-34-25(33)20-8-3-4-9-23(20)31-24(32)18-11-13-22-17(14-18)10-12-21(30-22)16-6-5-7-19(15-16)26(27,28)29/h3-15H,2H2,1H3,(H,31,32). The highest BCUT2D eigenvalue weighted by molar-refractivity contribution is 6.09. The molecule has 0 saturated heterocycles. The maximum atomic E-state index is 13.0. The number of anilines is 1. The van der Waals surface area contributed by atoms with Crippen LogP contribution in [0.5, 0.6) is 0 Å². The number of ether oxygens (including phenoxy) is 1. The van der Waals surface area contributed by atoms with Crippen molar-refractivity contribution in [3.8, 4) is 11.3 Å². The van der Waals surface area contributed by atoms with Crippen molar-refractivity contribution in [2.45, 2.75) is 13.1 Å². The molecule has 0 unspecified atom stereocenters. The lowest BCUT2D eigenvalue weighted by Gasteiger charge is -2.11. The molecule has 0 aliphatic heterocycles. The molecule has 5 nitrogen and oxygen atoms in total. The number of pyridine rings is 1. The molecular weight excluding hydrogens is 445 g/mol. The summed E-state index contributed by atoms with van der Waals surface area (Å²) in [5, 5.41) is 3.36. The molecular formula is C26H19F3N2O3. The van der Waals surface area contributed by atoms with Gasteiger partial charge in [-0.1, -0.05) is 30.3 Å². The molecule has 0 aliphatic rings. The molecule has 34 heavy (non-hydrogen) atoms. The van der Waals surface area contributed by atoms with Crippen molar-refractivity contribution in [3.05, 3.63) is 95.6 Å². The summed E-state index contributed by atoms with van der Waals surface area (Å²) in [6.07, 6.45) is -4.44. The van der Waals surface area contributed by atoms with Crippen LogP contribution in [0.3, 0.4) is 0 Å². The molecule has 0 bridgehead atoms. The Bertz CT molecular complexity index is 1380. The van der Waals surface area contributed by atoms with Gasteiger partial charge in [0.05, 0.1) is 34.6 Å². The van der Waals surface area contributed by atoms with Gasteiger partial charge in [-0.3, -0.25) is 4.79 Å². The Balaban J connectivity index is 1.60. The second-order valence-corrected chi connectivity index (χ2v) is 7.40. The van der Waals surface area contributed by atoms with Crippen molar-refractivity contribution in [2.75, 3.05) is 11.9 Å².